The molecule has 9 heteroatoms. The second kappa shape index (κ2) is 10.2. The molecule has 1 N–H and O–H groups in total. The molecule has 0 saturated heterocycles. The molecule has 4 aliphatic carbocycles. The summed E-state index contributed by atoms with van der Waals surface area (Å²) in [5.41, 5.74) is -6.88. The smallest absolute Gasteiger partial charge is 0.306 e. The Balaban J connectivity index is 1.82. The van der Waals surface area contributed by atoms with E-state index >= 15 is 8.78 Å². The molecule has 6 nitrogen and oxygen atoms in total. The summed E-state index contributed by atoms with van der Waals surface area (Å²) in [4.78, 5) is 51.9. The highest BCUT2D eigenvalue weighted by Crippen LogP contribution is 2.72. The van der Waals surface area contributed by atoms with Crippen molar-refractivity contribution in [2.24, 2.45) is 34.5 Å². The maximum atomic E-state index is 17.5. The van der Waals surface area contributed by atoms with Crippen molar-refractivity contribution in [3.8, 4) is 0 Å². The van der Waals surface area contributed by atoms with Crippen LogP contribution >= 0.6 is 11.8 Å². The van der Waals surface area contributed by atoms with Gasteiger partial charge in [0.15, 0.2) is 22.2 Å². The maximum absolute atomic E-state index is 17.5. The lowest BCUT2D eigenvalue weighted by Gasteiger charge is -2.63. The topological polar surface area (TPSA) is 97.7 Å². The van der Waals surface area contributed by atoms with E-state index in [0.717, 1.165) is 12.5 Å². The van der Waals surface area contributed by atoms with Crippen LogP contribution in [0, 0.1) is 34.5 Å². The SMILES string of the molecule is CCCC(C)C(=O)SC(=O)C1(OC(=O)CC)[C@H](C)CC2C3C[C@H](F)C4=CC(=O)C=C[C@]4(C)[C@@]3(F)C(O)C[C@@]21C. The first-order valence-corrected chi connectivity index (χ1v) is 14.9. The van der Waals surface area contributed by atoms with E-state index in [1.165, 1.54) is 19.1 Å². The molecule has 5 unspecified atom stereocenters. The number of carbonyl (C=O) groups excluding carboxylic acids is 4. The Kier molecular flexibility index (Phi) is 7.87. The second-order valence-corrected chi connectivity index (χ2v) is 13.4. The number of aliphatic hydroxyl groups is 1. The van der Waals surface area contributed by atoms with E-state index in [2.05, 4.69) is 0 Å². The fourth-order valence-corrected chi connectivity index (χ4v) is 9.42. The predicted octanol–water partition coefficient (Wildman–Crippen LogP) is 5.47. The van der Waals surface area contributed by atoms with Crippen LogP contribution in [-0.2, 0) is 23.9 Å². The van der Waals surface area contributed by atoms with Crippen LogP contribution in [0.25, 0.3) is 0 Å². The number of hydrogen-bond donors (Lipinski definition) is 1. The Morgan fingerprint density at radius 2 is 1.87 bits per heavy atom. The van der Waals surface area contributed by atoms with Gasteiger partial charge in [0.25, 0.3) is 0 Å². The molecular weight excluding hydrogens is 526 g/mol. The molecule has 0 aliphatic heterocycles. The van der Waals surface area contributed by atoms with Crippen molar-refractivity contribution in [1.29, 1.82) is 0 Å². The zero-order chi connectivity index (χ0) is 29.1. The lowest BCUT2D eigenvalue weighted by atomic mass is 9.44. The number of esters is 1. The quantitative estimate of drug-likeness (QED) is 0.426. The minimum absolute atomic E-state index is 0.00994. The van der Waals surface area contributed by atoms with E-state index in [4.69, 9.17) is 4.74 Å². The molecule has 3 fully saturated rings. The number of alkyl halides is 2. The average Bonchev–Trinajstić information content (AvgIpc) is 3.09. The summed E-state index contributed by atoms with van der Waals surface area (Å²) >= 11 is 0.540. The normalized spacial score (nSPS) is 43.6. The third-order valence-electron chi connectivity index (χ3n) is 10.4. The molecule has 216 valence electrons. The van der Waals surface area contributed by atoms with Gasteiger partial charge in [0.2, 0.25) is 5.12 Å². The van der Waals surface area contributed by atoms with Crippen molar-refractivity contribution < 1.29 is 37.8 Å². The number of rotatable bonds is 6. The molecule has 0 bridgehead atoms. The largest absolute Gasteiger partial charge is 0.449 e. The molecule has 0 radical (unpaired) electrons. The molecule has 0 spiro atoms. The van der Waals surface area contributed by atoms with Crippen molar-refractivity contribution in [2.75, 3.05) is 0 Å². The predicted molar refractivity (Wildman–Crippen MR) is 144 cm³/mol. The Bertz CT molecular complexity index is 1140. The Morgan fingerprint density at radius 1 is 1.21 bits per heavy atom. The van der Waals surface area contributed by atoms with Gasteiger partial charge in [0.1, 0.15) is 6.17 Å². The van der Waals surface area contributed by atoms with E-state index in [1.807, 2.05) is 6.92 Å². The molecule has 3 saturated carbocycles. The fraction of sp³-hybridized carbons (Fsp3) is 0.733. The minimum atomic E-state index is -2.31. The molecule has 39 heavy (non-hydrogen) atoms. The molecule has 4 rings (SSSR count). The first-order valence-electron chi connectivity index (χ1n) is 14.1. The lowest BCUT2D eigenvalue weighted by Crippen LogP contribution is -2.70. The average molecular weight is 567 g/mol. The Hall–Kier alpha value is -1.87. The van der Waals surface area contributed by atoms with E-state index in [-0.39, 0.29) is 42.3 Å². The monoisotopic (exact) mass is 566 g/mol. The maximum Gasteiger partial charge on any atom is 0.306 e. The van der Waals surface area contributed by atoms with Crippen LogP contribution in [0.3, 0.4) is 0 Å². The third-order valence-corrected chi connectivity index (χ3v) is 11.4. The van der Waals surface area contributed by atoms with Crippen molar-refractivity contribution in [1.82, 2.24) is 0 Å². The molecule has 10 atom stereocenters. The summed E-state index contributed by atoms with van der Waals surface area (Å²) < 4.78 is 39.2. The molecule has 0 aromatic heterocycles. The highest BCUT2D eigenvalue weighted by Gasteiger charge is 2.78. The first kappa shape index (κ1) is 30.1. The fourth-order valence-electron chi connectivity index (χ4n) is 8.29. The molecular formula is C30H40F2O6S. The van der Waals surface area contributed by atoms with E-state index < -0.39 is 69.0 Å². The summed E-state index contributed by atoms with van der Waals surface area (Å²) in [6.45, 7) is 10.3. The van der Waals surface area contributed by atoms with Gasteiger partial charge in [-0.2, -0.15) is 0 Å². The number of aliphatic hydroxyl groups excluding tert-OH is 1. The standard InChI is InChI=1S/C30H40F2O6S/c1-7-9-16(3)25(36)39-26(37)30(38-24(35)8-2)17(4)12-19-20-14-22(31)21-13-18(33)10-11-27(21,5)29(20,32)23(34)15-28(19,30)6/h10-11,13,16-17,19-20,22-23,34H,7-9,12,14-15H2,1-6H3/t16?,17-,19?,20?,22+,23?,27+,28+,29+,30?/m1/s1. The molecule has 0 amide bonds. The zero-order valence-electron chi connectivity index (χ0n) is 23.6. The summed E-state index contributed by atoms with van der Waals surface area (Å²) in [6, 6.07) is 0. The van der Waals surface area contributed by atoms with Crippen LogP contribution in [0.4, 0.5) is 8.78 Å². The summed E-state index contributed by atoms with van der Waals surface area (Å²) in [6.07, 6.45) is 1.59. The number of allylic oxidation sites excluding steroid dienone is 4. The van der Waals surface area contributed by atoms with Crippen LogP contribution in [0.1, 0.15) is 80.1 Å². The van der Waals surface area contributed by atoms with Crippen LogP contribution in [0.15, 0.2) is 23.8 Å². The highest BCUT2D eigenvalue weighted by molar-refractivity contribution is 8.26. The van der Waals surface area contributed by atoms with Gasteiger partial charge in [-0.1, -0.05) is 47.1 Å². The first-order chi connectivity index (χ1) is 18.1. The number of ketones is 1. The van der Waals surface area contributed by atoms with Gasteiger partial charge < -0.3 is 9.84 Å². The van der Waals surface area contributed by atoms with Gasteiger partial charge in [-0.05, 0) is 68.0 Å². The van der Waals surface area contributed by atoms with Gasteiger partial charge >= 0.3 is 5.97 Å². The van der Waals surface area contributed by atoms with Crippen molar-refractivity contribution in [2.45, 2.75) is 104 Å². The van der Waals surface area contributed by atoms with Gasteiger partial charge in [-0.25, -0.2) is 8.78 Å². The lowest BCUT2D eigenvalue weighted by molar-refractivity contribution is -0.228. The van der Waals surface area contributed by atoms with Gasteiger partial charge in [-0.15, -0.1) is 0 Å². The van der Waals surface area contributed by atoms with Crippen molar-refractivity contribution >= 4 is 33.7 Å². The van der Waals surface area contributed by atoms with Crippen molar-refractivity contribution in [3.05, 3.63) is 23.8 Å². The van der Waals surface area contributed by atoms with E-state index in [9.17, 15) is 24.3 Å². The number of thioether (sulfide) groups is 1. The van der Waals surface area contributed by atoms with E-state index in [0.29, 0.717) is 18.2 Å². The second-order valence-electron chi connectivity index (χ2n) is 12.5. The molecule has 0 heterocycles. The molecule has 0 aromatic carbocycles. The number of hydrogen-bond acceptors (Lipinski definition) is 7. The summed E-state index contributed by atoms with van der Waals surface area (Å²) in [5, 5.41) is 10.7. The Morgan fingerprint density at radius 3 is 2.49 bits per heavy atom. The van der Waals surface area contributed by atoms with Gasteiger partial charge in [-0.3, -0.25) is 19.2 Å². The van der Waals surface area contributed by atoms with E-state index in [1.54, 1.807) is 27.7 Å². The highest BCUT2D eigenvalue weighted by atomic mass is 32.2. The molecule has 4 aliphatic rings. The van der Waals surface area contributed by atoms with Crippen molar-refractivity contribution in [3.63, 3.8) is 0 Å². The van der Waals surface area contributed by atoms with Gasteiger partial charge in [0, 0.05) is 35.0 Å². The summed E-state index contributed by atoms with van der Waals surface area (Å²) in [7, 11) is 0. The van der Waals surface area contributed by atoms with Crippen LogP contribution in [0.2, 0.25) is 0 Å². The van der Waals surface area contributed by atoms with Crippen LogP contribution in [0.5, 0.6) is 0 Å². The summed E-state index contributed by atoms with van der Waals surface area (Å²) in [5.74, 6) is -3.67. The van der Waals surface area contributed by atoms with Crippen LogP contribution in [-0.4, -0.2) is 50.6 Å². The van der Waals surface area contributed by atoms with Crippen LogP contribution < -0.4 is 0 Å². The Labute approximate surface area is 233 Å². The zero-order valence-corrected chi connectivity index (χ0v) is 24.4. The number of fused-ring (bicyclic) bond motifs is 5. The molecule has 0 aromatic rings. The minimum Gasteiger partial charge on any atom is -0.449 e. The third kappa shape index (κ3) is 4.12. The number of halogens is 2. The number of ether oxygens (including phenoxy) is 1. The van der Waals surface area contributed by atoms with Gasteiger partial charge in [0.05, 0.1) is 6.10 Å². The number of carbonyl (C=O) groups is 4.